The van der Waals surface area contributed by atoms with E-state index in [9.17, 15) is 23.1 Å². The van der Waals surface area contributed by atoms with Gasteiger partial charge in [-0.2, -0.15) is 0 Å². The van der Waals surface area contributed by atoms with Gasteiger partial charge in [-0.3, -0.25) is 4.79 Å². The van der Waals surface area contributed by atoms with Gasteiger partial charge in [0.25, 0.3) is 5.91 Å². The van der Waals surface area contributed by atoms with Crippen LogP contribution in [0.3, 0.4) is 0 Å². The molecular formula is C27H28F3N3O3. The van der Waals surface area contributed by atoms with E-state index in [0.29, 0.717) is 43.8 Å². The zero-order valence-electron chi connectivity index (χ0n) is 19.9. The molecule has 190 valence electrons. The van der Waals surface area contributed by atoms with Crippen molar-refractivity contribution in [2.45, 2.75) is 38.5 Å². The van der Waals surface area contributed by atoms with E-state index in [1.54, 1.807) is 48.4 Å². The largest absolute Gasteiger partial charge is 0.573 e. The second-order valence-electron chi connectivity index (χ2n) is 9.16. The van der Waals surface area contributed by atoms with Gasteiger partial charge < -0.3 is 14.7 Å². The lowest BCUT2D eigenvalue weighted by Crippen LogP contribution is -2.30. The molecule has 2 aliphatic heterocycles. The maximum atomic E-state index is 13.3. The molecule has 1 aromatic carbocycles. The lowest BCUT2D eigenvalue weighted by atomic mass is 9.95. The second-order valence-corrected chi connectivity index (χ2v) is 9.16. The van der Waals surface area contributed by atoms with Crippen molar-refractivity contribution >= 4 is 18.0 Å². The molecule has 1 aromatic rings. The van der Waals surface area contributed by atoms with E-state index in [4.69, 9.17) is 0 Å². The van der Waals surface area contributed by atoms with Crippen molar-refractivity contribution in [1.82, 2.24) is 4.90 Å². The van der Waals surface area contributed by atoms with Crippen LogP contribution in [-0.4, -0.2) is 54.0 Å². The number of benzene rings is 1. The van der Waals surface area contributed by atoms with E-state index in [0.717, 1.165) is 5.57 Å². The van der Waals surface area contributed by atoms with Crippen molar-refractivity contribution in [3.05, 3.63) is 71.1 Å². The smallest absolute Gasteiger partial charge is 0.405 e. The molecular weight excluding hydrogens is 471 g/mol. The van der Waals surface area contributed by atoms with Crippen LogP contribution < -0.4 is 4.74 Å². The highest BCUT2D eigenvalue weighted by Gasteiger charge is 2.44. The minimum atomic E-state index is -4.74. The maximum Gasteiger partial charge on any atom is 0.573 e. The average Bonchev–Trinajstić information content (AvgIpc) is 3.38. The molecule has 1 N–H and O–H groups in total. The van der Waals surface area contributed by atoms with Crippen molar-refractivity contribution in [2.24, 2.45) is 21.8 Å². The highest BCUT2D eigenvalue weighted by atomic mass is 19.4. The Labute approximate surface area is 207 Å². The minimum Gasteiger partial charge on any atom is -0.405 e. The van der Waals surface area contributed by atoms with Crippen molar-refractivity contribution in [1.29, 1.82) is 0 Å². The number of aliphatic hydroxyl groups excluding tert-OH is 1. The van der Waals surface area contributed by atoms with Gasteiger partial charge in [0.15, 0.2) is 5.70 Å². The number of nitrogens with zero attached hydrogens (tertiary/aromatic N) is 3. The van der Waals surface area contributed by atoms with Crippen LogP contribution >= 0.6 is 0 Å². The molecule has 3 aliphatic rings. The fourth-order valence-electron chi connectivity index (χ4n) is 5.10. The summed E-state index contributed by atoms with van der Waals surface area (Å²) in [7, 11) is 0. The molecule has 1 saturated heterocycles. The maximum absolute atomic E-state index is 13.3. The summed E-state index contributed by atoms with van der Waals surface area (Å²) in [5.74, 6) is 0.338. The van der Waals surface area contributed by atoms with Gasteiger partial charge in [-0.25, -0.2) is 9.98 Å². The van der Waals surface area contributed by atoms with Crippen LogP contribution in [0.15, 0.2) is 75.6 Å². The normalized spacial score (nSPS) is 26.4. The molecule has 6 nitrogen and oxygen atoms in total. The number of ether oxygens (including phenoxy) is 1. The average molecular weight is 500 g/mol. The number of likely N-dealkylation sites (tertiary alicyclic amines) is 1. The zero-order valence-corrected chi connectivity index (χ0v) is 19.9. The van der Waals surface area contributed by atoms with Gasteiger partial charge in [0.05, 0.1) is 0 Å². The summed E-state index contributed by atoms with van der Waals surface area (Å²) >= 11 is 0. The quantitative estimate of drug-likeness (QED) is 0.583. The second kappa shape index (κ2) is 11.1. The molecule has 3 atom stereocenters. The Morgan fingerprint density at radius 2 is 1.92 bits per heavy atom. The summed E-state index contributed by atoms with van der Waals surface area (Å²) < 4.78 is 42.8. The predicted octanol–water partition coefficient (Wildman–Crippen LogP) is 4.94. The van der Waals surface area contributed by atoms with Crippen molar-refractivity contribution in [2.75, 3.05) is 19.7 Å². The third-order valence-corrected chi connectivity index (χ3v) is 6.65. The highest BCUT2D eigenvalue weighted by Crippen LogP contribution is 2.48. The van der Waals surface area contributed by atoms with E-state index < -0.39 is 6.36 Å². The van der Waals surface area contributed by atoms with Crippen LogP contribution in [0.1, 0.15) is 37.7 Å². The van der Waals surface area contributed by atoms with Crippen LogP contribution in [0.2, 0.25) is 0 Å². The van der Waals surface area contributed by atoms with Crippen LogP contribution in [0, 0.1) is 11.8 Å². The summed E-state index contributed by atoms with van der Waals surface area (Å²) in [4.78, 5) is 23.7. The number of hydrogen-bond donors (Lipinski definition) is 1. The number of aliphatic hydroxyl groups is 1. The van der Waals surface area contributed by atoms with Crippen LogP contribution in [0.5, 0.6) is 5.75 Å². The number of allylic oxidation sites excluding steroid dienone is 3. The molecule has 4 rings (SSSR count). The lowest BCUT2D eigenvalue weighted by molar-refractivity contribution is -0.275. The van der Waals surface area contributed by atoms with Crippen LogP contribution in [-0.2, 0) is 4.79 Å². The molecule has 0 bridgehead atoms. The number of halogens is 3. The Morgan fingerprint density at radius 1 is 1.19 bits per heavy atom. The molecule has 36 heavy (non-hydrogen) atoms. The van der Waals surface area contributed by atoms with Crippen molar-refractivity contribution in [3.8, 4) is 5.75 Å². The molecule has 0 spiro atoms. The summed E-state index contributed by atoms with van der Waals surface area (Å²) in [6.45, 7) is 2.72. The van der Waals surface area contributed by atoms with E-state index in [2.05, 4.69) is 20.5 Å². The monoisotopic (exact) mass is 499 g/mol. The van der Waals surface area contributed by atoms with Crippen molar-refractivity contribution in [3.63, 3.8) is 0 Å². The first-order valence-electron chi connectivity index (χ1n) is 11.9. The number of fused-ring (bicyclic) bond motifs is 1. The number of para-hydroxylation sites is 1. The summed E-state index contributed by atoms with van der Waals surface area (Å²) in [6, 6.07) is 6.31. The third kappa shape index (κ3) is 6.42. The Kier molecular flexibility index (Phi) is 7.91. The Morgan fingerprint density at radius 3 is 2.61 bits per heavy atom. The Bertz CT molecular complexity index is 1160. The number of amides is 1. The van der Waals surface area contributed by atoms with Gasteiger partial charge in [0.1, 0.15) is 11.6 Å². The van der Waals surface area contributed by atoms with E-state index >= 15 is 0 Å². The van der Waals surface area contributed by atoms with E-state index in [1.165, 1.54) is 12.1 Å². The summed E-state index contributed by atoms with van der Waals surface area (Å²) in [6.07, 6.45) is 5.68. The first-order valence-corrected chi connectivity index (χ1v) is 11.9. The minimum absolute atomic E-state index is 0.00119. The molecule has 1 saturated carbocycles. The van der Waals surface area contributed by atoms with Gasteiger partial charge in [0.2, 0.25) is 0 Å². The lowest BCUT2D eigenvalue weighted by Gasteiger charge is -2.21. The highest BCUT2D eigenvalue weighted by molar-refractivity contribution is 5.99. The van der Waals surface area contributed by atoms with Gasteiger partial charge in [-0.1, -0.05) is 42.2 Å². The Hall–Kier alpha value is -3.42. The van der Waals surface area contributed by atoms with Crippen LogP contribution in [0.25, 0.3) is 0 Å². The first kappa shape index (κ1) is 25.7. The van der Waals surface area contributed by atoms with E-state index in [1.807, 2.05) is 6.08 Å². The predicted molar refractivity (Wildman–Crippen MR) is 131 cm³/mol. The van der Waals surface area contributed by atoms with Crippen molar-refractivity contribution < 1.29 is 27.8 Å². The number of hydrogen-bond acceptors (Lipinski definition) is 5. The van der Waals surface area contributed by atoms with Crippen LogP contribution in [0.4, 0.5) is 13.2 Å². The van der Waals surface area contributed by atoms with Gasteiger partial charge in [0, 0.05) is 25.9 Å². The molecule has 1 aliphatic carbocycles. The molecule has 1 amide bonds. The third-order valence-electron chi connectivity index (χ3n) is 6.65. The van der Waals surface area contributed by atoms with Gasteiger partial charge in [-0.05, 0) is 67.2 Å². The fourth-order valence-corrected chi connectivity index (χ4v) is 5.10. The van der Waals surface area contributed by atoms with Gasteiger partial charge in [-0.15, -0.1) is 13.2 Å². The summed E-state index contributed by atoms with van der Waals surface area (Å²) in [5.41, 5.74) is 4.50. The molecule has 1 unspecified atom stereocenters. The number of carbonyl (C=O) groups is 1. The SMILES string of the molecule is CC1=NC(C(=O)N2C[C@H]3CC(c4ccccc4OC(F)(F)F)C[C@H]3C2)=C=C/C=C/C=C(/CCO)C=N1. The number of alkyl halides is 3. The van der Waals surface area contributed by atoms with Gasteiger partial charge >= 0.3 is 6.36 Å². The molecule has 0 aromatic heterocycles. The molecule has 9 heteroatoms. The zero-order chi connectivity index (χ0) is 25.7. The molecule has 0 radical (unpaired) electrons. The van der Waals surface area contributed by atoms with E-state index in [-0.39, 0.29) is 41.7 Å². The first-order chi connectivity index (χ1) is 17.2. The Balaban J connectivity index is 1.45. The standard InChI is InChI=1S/C27H28F3N3O3/c1-18-31-15-19(11-12-34)7-3-2-4-9-24(32-18)26(35)33-16-21-13-20(14-22(21)17-33)23-8-5-6-10-25(23)36-27(28,29)30/h2-8,10,15,20-22,34H,11-14,16-17H2,1H3/b3-2+,19-7-,31-15?,32-18?/t9?,20?,21-,22+. The fraction of sp³-hybridized carbons (Fsp3) is 0.407. The summed E-state index contributed by atoms with van der Waals surface area (Å²) in [5, 5.41) is 9.19. The molecule has 2 fully saturated rings. The molecule has 2 heterocycles. The number of carbonyl (C=O) groups excluding carboxylic acids is 1. The number of amidine groups is 1. The number of rotatable bonds is 5. The number of aliphatic imine (C=N–C) groups is 2. The topological polar surface area (TPSA) is 74.5 Å².